The van der Waals surface area contributed by atoms with Gasteiger partial charge in [0.15, 0.2) is 0 Å². The molecule has 0 spiro atoms. The highest BCUT2D eigenvalue weighted by molar-refractivity contribution is 7.00. The molecule has 0 radical (unpaired) electrons. The van der Waals surface area contributed by atoms with Crippen LogP contribution in [0.15, 0.2) is 42.5 Å². The molecule has 0 unspecified atom stereocenters. The second-order valence-corrected chi connectivity index (χ2v) is 6.10. The van der Waals surface area contributed by atoms with Crippen LogP contribution in [0.1, 0.15) is 10.4 Å². The molecule has 1 fully saturated rings. The second-order valence-electron chi connectivity index (χ2n) is 5.57. The predicted molar refractivity (Wildman–Crippen MR) is 94.8 cm³/mol. The van der Waals surface area contributed by atoms with Gasteiger partial charge in [-0.15, -0.1) is 0 Å². The number of carbonyl (C=O) groups excluding carboxylic acids is 1. The Kier molecular flexibility index (Phi) is 4.10. The molecule has 2 heterocycles. The maximum Gasteiger partial charge on any atom is 0.255 e. The van der Waals surface area contributed by atoms with E-state index in [0.717, 1.165) is 60.4 Å². The van der Waals surface area contributed by atoms with E-state index in [-0.39, 0.29) is 5.91 Å². The van der Waals surface area contributed by atoms with Gasteiger partial charge in [-0.1, -0.05) is 0 Å². The van der Waals surface area contributed by atoms with Crippen molar-refractivity contribution in [1.82, 2.24) is 8.75 Å². The van der Waals surface area contributed by atoms with Crippen LogP contribution in [0.5, 0.6) is 0 Å². The molecule has 1 aliphatic heterocycles. The Morgan fingerprint density at radius 2 is 1.79 bits per heavy atom. The first-order chi connectivity index (χ1) is 11.8. The van der Waals surface area contributed by atoms with Gasteiger partial charge in [0, 0.05) is 30.0 Å². The zero-order valence-electron chi connectivity index (χ0n) is 12.9. The third-order valence-electron chi connectivity index (χ3n) is 4.02. The Labute approximate surface area is 143 Å². The molecule has 7 heteroatoms. The van der Waals surface area contributed by atoms with Crippen LogP contribution < -0.4 is 10.2 Å². The highest BCUT2D eigenvalue weighted by atomic mass is 32.1. The molecule has 1 N–H and O–H groups in total. The van der Waals surface area contributed by atoms with Gasteiger partial charge in [-0.25, -0.2) is 0 Å². The van der Waals surface area contributed by atoms with Gasteiger partial charge in [0.1, 0.15) is 11.0 Å². The van der Waals surface area contributed by atoms with Gasteiger partial charge in [-0.2, -0.15) is 8.75 Å². The fraction of sp³-hybridized carbons (Fsp3) is 0.235. The van der Waals surface area contributed by atoms with Gasteiger partial charge in [0.2, 0.25) is 0 Å². The molecule has 1 saturated heterocycles. The monoisotopic (exact) mass is 340 g/mol. The third kappa shape index (κ3) is 3.08. The van der Waals surface area contributed by atoms with Crippen LogP contribution in [0.2, 0.25) is 0 Å². The zero-order chi connectivity index (χ0) is 16.4. The number of benzene rings is 2. The molecule has 24 heavy (non-hydrogen) atoms. The van der Waals surface area contributed by atoms with Crippen LogP contribution in [0, 0.1) is 0 Å². The van der Waals surface area contributed by atoms with Crippen molar-refractivity contribution in [3.63, 3.8) is 0 Å². The average Bonchev–Trinajstić information content (AvgIpc) is 3.11. The van der Waals surface area contributed by atoms with E-state index in [2.05, 4.69) is 19.0 Å². The standard InChI is InChI=1S/C17H16N4O2S/c22-17(12-1-6-15-16(11-12)20-24-19-15)18-13-2-4-14(5-3-13)21-7-9-23-10-8-21/h1-6,11H,7-10H2,(H,18,22). The number of ether oxygens (including phenoxy) is 1. The summed E-state index contributed by atoms with van der Waals surface area (Å²) in [5, 5.41) is 2.92. The summed E-state index contributed by atoms with van der Waals surface area (Å²) in [6, 6.07) is 13.2. The van der Waals surface area contributed by atoms with Gasteiger partial charge in [0.25, 0.3) is 5.91 Å². The maximum absolute atomic E-state index is 12.4. The van der Waals surface area contributed by atoms with Gasteiger partial charge >= 0.3 is 0 Å². The number of amides is 1. The number of anilines is 2. The minimum atomic E-state index is -0.149. The number of aromatic nitrogens is 2. The summed E-state index contributed by atoms with van der Waals surface area (Å²) in [7, 11) is 0. The lowest BCUT2D eigenvalue weighted by atomic mass is 10.1. The molecule has 0 saturated carbocycles. The molecule has 1 amide bonds. The van der Waals surface area contributed by atoms with Crippen LogP contribution in [-0.2, 0) is 4.74 Å². The maximum atomic E-state index is 12.4. The lowest BCUT2D eigenvalue weighted by Gasteiger charge is -2.28. The smallest absolute Gasteiger partial charge is 0.255 e. The highest BCUT2D eigenvalue weighted by Crippen LogP contribution is 2.20. The second kappa shape index (κ2) is 6.54. The van der Waals surface area contributed by atoms with E-state index in [1.807, 2.05) is 30.3 Å². The fourth-order valence-electron chi connectivity index (χ4n) is 2.70. The Hall–Kier alpha value is -2.51. The topological polar surface area (TPSA) is 67.4 Å². The van der Waals surface area contributed by atoms with E-state index >= 15 is 0 Å². The summed E-state index contributed by atoms with van der Waals surface area (Å²) in [5.41, 5.74) is 4.05. The molecule has 1 aromatic heterocycles. The van der Waals surface area contributed by atoms with Gasteiger partial charge < -0.3 is 15.0 Å². The molecule has 3 aromatic rings. The van der Waals surface area contributed by atoms with Gasteiger partial charge in [-0.3, -0.25) is 4.79 Å². The van der Waals surface area contributed by atoms with Crippen molar-refractivity contribution in [2.45, 2.75) is 0 Å². The Balaban J connectivity index is 1.46. The summed E-state index contributed by atoms with van der Waals surface area (Å²) in [4.78, 5) is 14.7. The number of carbonyl (C=O) groups is 1. The quantitative estimate of drug-likeness (QED) is 0.794. The fourth-order valence-corrected chi connectivity index (χ4v) is 3.22. The number of rotatable bonds is 3. The van der Waals surface area contributed by atoms with Crippen molar-refractivity contribution in [2.75, 3.05) is 36.5 Å². The van der Waals surface area contributed by atoms with Crippen molar-refractivity contribution < 1.29 is 9.53 Å². The SMILES string of the molecule is O=C(Nc1ccc(N2CCOCC2)cc1)c1ccc2nsnc2c1. The van der Waals surface area contributed by atoms with Gasteiger partial charge in [-0.05, 0) is 42.5 Å². The molecule has 6 nitrogen and oxygen atoms in total. The van der Waals surface area contributed by atoms with E-state index in [9.17, 15) is 4.79 Å². The summed E-state index contributed by atoms with van der Waals surface area (Å²) in [5.74, 6) is -0.149. The molecule has 1 aliphatic rings. The van der Waals surface area contributed by atoms with E-state index in [0.29, 0.717) is 5.56 Å². The van der Waals surface area contributed by atoms with Crippen molar-refractivity contribution in [3.05, 3.63) is 48.0 Å². The Morgan fingerprint density at radius 3 is 2.58 bits per heavy atom. The number of hydrogen-bond acceptors (Lipinski definition) is 6. The number of hydrogen-bond donors (Lipinski definition) is 1. The summed E-state index contributed by atoms with van der Waals surface area (Å²) < 4.78 is 13.7. The zero-order valence-corrected chi connectivity index (χ0v) is 13.8. The molecular weight excluding hydrogens is 324 g/mol. The third-order valence-corrected chi connectivity index (χ3v) is 4.57. The van der Waals surface area contributed by atoms with Crippen molar-refractivity contribution in [2.24, 2.45) is 0 Å². The molecule has 4 rings (SSSR count). The van der Waals surface area contributed by atoms with Crippen molar-refractivity contribution >= 4 is 40.0 Å². The average molecular weight is 340 g/mol. The summed E-state index contributed by atoms with van der Waals surface area (Å²) in [6.07, 6.45) is 0. The van der Waals surface area contributed by atoms with Crippen LogP contribution in [0.4, 0.5) is 11.4 Å². The van der Waals surface area contributed by atoms with Crippen LogP contribution in [0.25, 0.3) is 11.0 Å². The number of fused-ring (bicyclic) bond motifs is 1. The lowest BCUT2D eigenvalue weighted by Crippen LogP contribution is -2.36. The minimum absolute atomic E-state index is 0.149. The van der Waals surface area contributed by atoms with Crippen LogP contribution in [0.3, 0.4) is 0 Å². The van der Waals surface area contributed by atoms with Crippen molar-refractivity contribution in [1.29, 1.82) is 0 Å². The summed E-state index contributed by atoms with van der Waals surface area (Å²) >= 11 is 1.15. The van der Waals surface area contributed by atoms with E-state index in [4.69, 9.17) is 4.74 Å². The predicted octanol–water partition coefficient (Wildman–Crippen LogP) is 2.78. The lowest BCUT2D eigenvalue weighted by molar-refractivity contribution is 0.102. The molecule has 122 valence electrons. The number of nitrogens with zero attached hydrogens (tertiary/aromatic N) is 3. The normalized spacial score (nSPS) is 14.8. The number of morpholine rings is 1. The minimum Gasteiger partial charge on any atom is -0.378 e. The highest BCUT2D eigenvalue weighted by Gasteiger charge is 2.12. The largest absolute Gasteiger partial charge is 0.378 e. The van der Waals surface area contributed by atoms with Crippen LogP contribution >= 0.6 is 11.7 Å². The molecule has 0 atom stereocenters. The molecular formula is C17H16N4O2S. The Bertz CT molecular complexity index is 856. The van der Waals surface area contributed by atoms with Crippen molar-refractivity contribution in [3.8, 4) is 0 Å². The first-order valence-corrected chi connectivity index (χ1v) is 8.49. The van der Waals surface area contributed by atoms with E-state index in [1.54, 1.807) is 12.1 Å². The molecule has 2 aromatic carbocycles. The first kappa shape index (κ1) is 15.0. The van der Waals surface area contributed by atoms with E-state index < -0.39 is 0 Å². The summed E-state index contributed by atoms with van der Waals surface area (Å²) in [6.45, 7) is 3.31. The van der Waals surface area contributed by atoms with Crippen LogP contribution in [-0.4, -0.2) is 41.0 Å². The number of nitrogens with one attached hydrogen (secondary N) is 1. The van der Waals surface area contributed by atoms with Gasteiger partial charge in [0.05, 0.1) is 24.9 Å². The van der Waals surface area contributed by atoms with E-state index in [1.165, 1.54) is 0 Å². The first-order valence-electron chi connectivity index (χ1n) is 7.76. The molecule has 0 aliphatic carbocycles. The molecule has 0 bridgehead atoms. The Morgan fingerprint density at radius 1 is 1.04 bits per heavy atom.